The summed E-state index contributed by atoms with van der Waals surface area (Å²) < 4.78 is 18.9. The maximum Gasteiger partial charge on any atom is 0.186 e. The van der Waals surface area contributed by atoms with Gasteiger partial charge < -0.3 is 44.8 Å². The van der Waals surface area contributed by atoms with Crippen molar-refractivity contribution in [2.45, 2.75) is 147 Å². The quantitative estimate of drug-likeness (QED) is 0.229. The van der Waals surface area contributed by atoms with Crippen LogP contribution < -0.4 is 0 Å². The van der Waals surface area contributed by atoms with E-state index in [9.17, 15) is 35.4 Å². The lowest BCUT2D eigenvalue weighted by Crippen LogP contribution is -2.64. The first-order valence-corrected chi connectivity index (χ1v) is 17.3. The number of fused-ring (bicyclic) bond motifs is 5. The highest BCUT2D eigenvalue weighted by Gasteiger charge is 2.72. The summed E-state index contributed by atoms with van der Waals surface area (Å²) in [6.45, 7) is 10.1. The van der Waals surface area contributed by atoms with E-state index >= 15 is 0 Å². The normalized spacial score (nSPS) is 50.8. The molecule has 2 aliphatic heterocycles. The standard InChI is InChI=1S/C35H56O10/c1-6-22(39)23-15-19(2)35(45-23)14-13-32(4)21-7-8-25-31(3,20(21)9-12-33(32,35)5)11-10-26(34(25,17-37)18-38)44-30-29(42)28(41)27(40)24(16-36)43-30/h19,23-30,36-38,40-42H,6-18H2,1-5H3. The summed E-state index contributed by atoms with van der Waals surface area (Å²) in [4.78, 5) is 12.8. The first kappa shape index (κ1) is 33.9. The molecule has 45 heavy (non-hydrogen) atoms. The molecule has 4 aliphatic carbocycles. The Labute approximate surface area is 267 Å². The lowest BCUT2D eigenvalue weighted by molar-refractivity contribution is -0.331. The van der Waals surface area contributed by atoms with Crippen LogP contribution in [0.15, 0.2) is 11.1 Å². The fourth-order valence-electron chi connectivity index (χ4n) is 11.7. The van der Waals surface area contributed by atoms with Crippen molar-refractivity contribution in [3.05, 3.63) is 11.1 Å². The maximum atomic E-state index is 12.8. The number of hydrogen-bond acceptors (Lipinski definition) is 10. The molecule has 13 atom stereocenters. The van der Waals surface area contributed by atoms with E-state index in [-0.39, 0.29) is 52.9 Å². The van der Waals surface area contributed by atoms with Crippen LogP contribution in [0.2, 0.25) is 0 Å². The number of ketones is 1. The van der Waals surface area contributed by atoms with E-state index in [1.165, 1.54) is 11.1 Å². The first-order chi connectivity index (χ1) is 21.2. The topological polar surface area (TPSA) is 166 Å². The molecule has 1 spiro atoms. The predicted molar refractivity (Wildman–Crippen MR) is 164 cm³/mol. The van der Waals surface area contributed by atoms with Crippen LogP contribution in [0.1, 0.15) is 98.8 Å². The van der Waals surface area contributed by atoms with Gasteiger partial charge in [-0.3, -0.25) is 4.79 Å². The molecule has 6 aliphatic rings. The number of aliphatic hydroxyl groups is 6. The second-order valence-electron chi connectivity index (χ2n) is 16.0. The van der Waals surface area contributed by atoms with Crippen LogP contribution in [0.5, 0.6) is 0 Å². The summed E-state index contributed by atoms with van der Waals surface area (Å²) in [5.74, 6) is 0.399. The van der Waals surface area contributed by atoms with Crippen molar-refractivity contribution in [1.29, 1.82) is 0 Å². The Morgan fingerprint density at radius 2 is 1.62 bits per heavy atom. The molecule has 10 heteroatoms. The molecule has 0 aromatic heterocycles. The van der Waals surface area contributed by atoms with Crippen LogP contribution in [-0.2, 0) is 19.0 Å². The number of hydrogen-bond donors (Lipinski definition) is 6. The second-order valence-corrected chi connectivity index (χ2v) is 16.0. The molecule has 6 rings (SSSR count). The highest BCUT2D eigenvalue weighted by atomic mass is 16.7. The third kappa shape index (κ3) is 4.42. The van der Waals surface area contributed by atoms with E-state index in [4.69, 9.17) is 14.2 Å². The van der Waals surface area contributed by atoms with Crippen molar-refractivity contribution in [1.82, 2.24) is 0 Å². The largest absolute Gasteiger partial charge is 0.396 e. The minimum atomic E-state index is -1.57. The van der Waals surface area contributed by atoms with Crippen LogP contribution in [0.25, 0.3) is 0 Å². The van der Waals surface area contributed by atoms with Gasteiger partial charge in [-0.15, -0.1) is 0 Å². The van der Waals surface area contributed by atoms with Gasteiger partial charge in [0.25, 0.3) is 0 Å². The van der Waals surface area contributed by atoms with Gasteiger partial charge in [-0.05, 0) is 80.5 Å². The van der Waals surface area contributed by atoms with Crippen molar-refractivity contribution in [3.63, 3.8) is 0 Å². The number of Topliss-reactive ketones (excluding diaryl/α,β-unsaturated/α-hetero) is 1. The Bertz CT molecular complexity index is 1180. The summed E-state index contributed by atoms with van der Waals surface area (Å²) in [7, 11) is 0. The van der Waals surface area contributed by atoms with Crippen LogP contribution >= 0.6 is 0 Å². The fraction of sp³-hybridized carbons (Fsp3) is 0.914. The molecule has 0 radical (unpaired) electrons. The Hall–Kier alpha value is -0.950. The second kappa shape index (κ2) is 11.6. The van der Waals surface area contributed by atoms with Gasteiger partial charge in [0, 0.05) is 17.3 Å². The number of ether oxygens (including phenoxy) is 3. The number of allylic oxidation sites excluding steroid dienone is 2. The average Bonchev–Trinajstić information content (AvgIpc) is 3.50. The summed E-state index contributed by atoms with van der Waals surface area (Å²) in [6.07, 6.45) is -0.0654. The molecule has 2 saturated heterocycles. The van der Waals surface area contributed by atoms with Gasteiger partial charge in [0.2, 0.25) is 0 Å². The van der Waals surface area contributed by atoms with Gasteiger partial charge >= 0.3 is 0 Å². The van der Waals surface area contributed by atoms with Gasteiger partial charge in [-0.1, -0.05) is 45.8 Å². The molecular formula is C35H56O10. The molecule has 6 N–H and O–H groups in total. The summed E-state index contributed by atoms with van der Waals surface area (Å²) >= 11 is 0. The van der Waals surface area contributed by atoms with E-state index in [0.717, 1.165) is 51.4 Å². The summed E-state index contributed by atoms with van der Waals surface area (Å²) in [5.41, 5.74) is 1.11. The molecule has 10 nitrogen and oxygen atoms in total. The van der Waals surface area contributed by atoms with Crippen molar-refractivity contribution < 1.29 is 49.6 Å². The molecule has 0 aromatic carbocycles. The molecule has 0 aromatic rings. The number of rotatable bonds is 7. The van der Waals surface area contributed by atoms with Gasteiger partial charge in [0.1, 0.15) is 30.5 Å². The molecule has 0 bridgehead atoms. The molecule has 256 valence electrons. The van der Waals surface area contributed by atoms with Crippen LogP contribution in [0, 0.1) is 33.5 Å². The zero-order chi connectivity index (χ0) is 32.7. The average molecular weight is 637 g/mol. The number of carbonyl (C=O) groups excluding carboxylic acids is 1. The van der Waals surface area contributed by atoms with E-state index in [1.807, 2.05) is 6.92 Å². The van der Waals surface area contributed by atoms with Crippen molar-refractivity contribution in [2.24, 2.45) is 33.5 Å². The lowest BCUT2D eigenvalue weighted by Gasteiger charge is -2.64. The van der Waals surface area contributed by atoms with Crippen molar-refractivity contribution in [2.75, 3.05) is 19.8 Å². The first-order valence-electron chi connectivity index (χ1n) is 17.3. The van der Waals surface area contributed by atoms with Gasteiger partial charge in [-0.25, -0.2) is 0 Å². The monoisotopic (exact) mass is 636 g/mol. The lowest BCUT2D eigenvalue weighted by atomic mass is 9.42. The molecule has 13 unspecified atom stereocenters. The van der Waals surface area contributed by atoms with Gasteiger partial charge in [0.05, 0.1) is 31.5 Å². The van der Waals surface area contributed by atoms with E-state index in [0.29, 0.717) is 18.8 Å². The number of carbonyl (C=O) groups is 1. The van der Waals surface area contributed by atoms with Crippen LogP contribution in [0.3, 0.4) is 0 Å². The Kier molecular flexibility index (Phi) is 8.74. The Balaban J connectivity index is 1.31. The molecule has 4 fully saturated rings. The Morgan fingerprint density at radius 3 is 2.27 bits per heavy atom. The zero-order valence-corrected chi connectivity index (χ0v) is 27.7. The summed E-state index contributed by atoms with van der Waals surface area (Å²) in [5, 5.41) is 63.0. The maximum absolute atomic E-state index is 12.8. The van der Waals surface area contributed by atoms with E-state index in [1.54, 1.807) is 0 Å². The van der Waals surface area contributed by atoms with E-state index < -0.39 is 48.8 Å². The third-order valence-corrected chi connectivity index (χ3v) is 14.6. The smallest absolute Gasteiger partial charge is 0.186 e. The van der Waals surface area contributed by atoms with Gasteiger partial charge in [-0.2, -0.15) is 0 Å². The molecule has 2 heterocycles. The van der Waals surface area contributed by atoms with Crippen molar-refractivity contribution in [3.8, 4) is 0 Å². The number of aliphatic hydroxyl groups excluding tert-OH is 6. The summed E-state index contributed by atoms with van der Waals surface area (Å²) in [6, 6.07) is 0. The highest BCUT2D eigenvalue weighted by Crippen LogP contribution is 2.75. The van der Waals surface area contributed by atoms with Crippen LogP contribution in [-0.4, -0.2) is 105 Å². The highest BCUT2D eigenvalue weighted by molar-refractivity contribution is 5.83. The fourth-order valence-corrected chi connectivity index (χ4v) is 11.7. The molecule has 2 saturated carbocycles. The predicted octanol–water partition coefficient (Wildman–Crippen LogP) is 2.39. The molecular weight excluding hydrogens is 580 g/mol. The minimum Gasteiger partial charge on any atom is -0.396 e. The van der Waals surface area contributed by atoms with Gasteiger partial charge in [0.15, 0.2) is 12.1 Å². The van der Waals surface area contributed by atoms with Crippen molar-refractivity contribution >= 4 is 5.78 Å². The SMILES string of the molecule is CCC(=O)C1CC(C)C2(CCC3(C)C4=C(CCC32C)C2(C)CCC(OC3OC(CO)C(O)C(O)C3O)C(CO)(CO)C2CC4)O1. The van der Waals surface area contributed by atoms with E-state index in [2.05, 4.69) is 27.7 Å². The van der Waals surface area contributed by atoms with Crippen LogP contribution in [0.4, 0.5) is 0 Å². The Morgan fingerprint density at radius 1 is 0.911 bits per heavy atom. The zero-order valence-electron chi connectivity index (χ0n) is 27.7. The third-order valence-electron chi connectivity index (χ3n) is 14.6. The molecule has 0 amide bonds. The minimum absolute atomic E-state index is 0.0856.